The van der Waals surface area contributed by atoms with E-state index in [-0.39, 0.29) is 11.5 Å². The summed E-state index contributed by atoms with van der Waals surface area (Å²) in [6, 6.07) is 6.75. The van der Waals surface area contributed by atoms with E-state index in [4.69, 9.17) is 0 Å². The van der Waals surface area contributed by atoms with E-state index in [0.717, 1.165) is 4.47 Å². The molecule has 1 rings (SSSR count). The molecule has 0 amide bonds. The van der Waals surface area contributed by atoms with Gasteiger partial charge in [-0.1, -0.05) is 41.9 Å². The van der Waals surface area contributed by atoms with E-state index >= 15 is 0 Å². The average Bonchev–Trinajstić information content (AvgIpc) is 2.35. The van der Waals surface area contributed by atoms with Gasteiger partial charge >= 0.3 is 0 Å². The minimum Gasteiger partial charge on any atom is -0.293 e. The van der Waals surface area contributed by atoms with Crippen LogP contribution in [0.3, 0.4) is 0 Å². The fourth-order valence-electron chi connectivity index (χ4n) is 1.59. The van der Waals surface area contributed by atoms with Gasteiger partial charge in [-0.2, -0.15) is 0 Å². The number of rotatable bonds is 6. The van der Waals surface area contributed by atoms with Crippen molar-refractivity contribution < 1.29 is 13.2 Å². The van der Waals surface area contributed by atoms with Gasteiger partial charge in [-0.15, -0.1) is 0 Å². The summed E-state index contributed by atoms with van der Waals surface area (Å²) in [5.74, 6) is 0.0368. The molecule has 1 aromatic carbocycles. The van der Waals surface area contributed by atoms with Gasteiger partial charge in [0.05, 0.1) is 5.75 Å². The molecule has 106 valence electrons. The number of Topliss-reactive ketones (excluding diaryl/α,β-unsaturated/α-hetero) is 1. The number of sulfone groups is 1. The van der Waals surface area contributed by atoms with E-state index in [1.54, 1.807) is 24.3 Å². The van der Waals surface area contributed by atoms with Crippen LogP contribution in [-0.4, -0.2) is 25.2 Å². The van der Waals surface area contributed by atoms with Gasteiger partial charge in [0.15, 0.2) is 15.6 Å². The summed E-state index contributed by atoms with van der Waals surface area (Å²) in [7, 11) is -3.37. The monoisotopic (exact) mass is 346 g/mol. The van der Waals surface area contributed by atoms with Crippen LogP contribution >= 0.6 is 15.9 Å². The Hall–Kier alpha value is -0.680. The van der Waals surface area contributed by atoms with E-state index in [1.807, 2.05) is 13.8 Å². The Kier molecular flexibility index (Phi) is 5.74. The molecule has 0 heterocycles. The summed E-state index contributed by atoms with van der Waals surface area (Å²) in [4.78, 5) is 12.2. The fourth-order valence-corrected chi connectivity index (χ4v) is 3.47. The van der Waals surface area contributed by atoms with Gasteiger partial charge in [-0.05, 0) is 31.4 Å². The second-order valence-corrected chi connectivity index (χ2v) is 8.42. The minimum atomic E-state index is -3.37. The van der Waals surface area contributed by atoms with Crippen molar-refractivity contribution in [3.05, 3.63) is 34.3 Å². The lowest BCUT2D eigenvalue weighted by atomic mass is 10.1. The SMILES string of the molecule is CC(C)CCS(=O)(=O)C(C)C(=O)c1ccc(Br)cc1. The molecule has 5 heteroatoms. The van der Waals surface area contributed by atoms with Crippen molar-refractivity contribution in [2.45, 2.75) is 32.4 Å². The Morgan fingerprint density at radius 1 is 1.16 bits per heavy atom. The van der Waals surface area contributed by atoms with Crippen molar-refractivity contribution in [3.63, 3.8) is 0 Å². The Balaban J connectivity index is 2.84. The summed E-state index contributed by atoms with van der Waals surface area (Å²) in [6.07, 6.45) is 0.584. The van der Waals surface area contributed by atoms with Gasteiger partial charge in [-0.3, -0.25) is 4.79 Å². The van der Waals surface area contributed by atoms with Crippen molar-refractivity contribution in [2.75, 3.05) is 5.75 Å². The number of halogens is 1. The summed E-state index contributed by atoms with van der Waals surface area (Å²) in [6.45, 7) is 5.41. The highest BCUT2D eigenvalue weighted by Gasteiger charge is 2.28. The molecule has 1 aromatic rings. The molecule has 0 radical (unpaired) electrons. The number of benzene rings is 1. The molecule has 0 aliphatic rings. The second kappa shape index (κ2) is 6.66. The predicted molar refractivity (Wildman–Crippen MR) is 81.2 cm³/mol. The Labute approximate surface area is 123 Å². The molecule has 1 atom stereocenters. The second-order valence-electron chi connectivity index (χ2n) is 5.06. The first kappa shape index (κ1) is 16.4. The smallest absolute Gasteiger partial charge is 0.180 e. The van der Waals surface area contributed by atoms with Crippen LogP contribution < -0.4 is 0 Å². The summed E-state index contributed by atoms with van der Waals surface area (Å²) < 4.78 is 25.0. The Morgan fingerprint density at radius 3 is 2.16 bits per heavy atom. The lowest BCUT2D eigenvalue weighted by molar-refractivity contribution is 0.0991. The third-order valence-corrected chi connectivity index (χ3v) is 5.64. The van der Waals surface area contributed by atoms with Crippen LogP contribution in [0.25, 0.3) is 0 Å². The molecule has 1 unspecified atom stereocenters. The van der Waals surface area contributed by atoms with Gasteiger partial charge < -0.3 is 0 Å². The standard InChI is InChI=1S/C14H19BrO3S/c1-10(2)8-9-19(17,18)11(3)14(16)12-4-6-13(15)7-5-12/h4-7,10-11H,8-9H2,1-3H3. The number of hydrogen-bond donors (Lipinski definition) is 0. The van der Waals surface area contributed by atoms with Gasteiger partial charge in [0, 0.05) is 10.0 Å². The summed E-state index contributed by atoms with van der Waals surface area (Å²) in [5.41, 5.74) is 0.434. The molecule has 0 aliphatic carbocycles. The van der Waals surface area contributed by atoms with E-state index in [9.17, 15) is 13.2 Å². The highest BCUT2D eigenvalue weighted by Crippen LogP contribution is 2.16. The number of carbonyl (C=O) groups is 1. The quantitative estimate of drug-likeness (QED) is 0.741. The molecule has 0 aliphatic heterocycles. The minimum absolute atomic E-state index is 0.0636. The van der Waals surface area contributed by atoms with Crippen LogP contribution in [0.15, 0.2) is 28.7 Å². The van der Waals surface area contributed by atoms with E-state index in [1.165, 1.54) is 6.92 Å². The zero-order chi connectivity index (χ0) is 14.6. The maximum Gasteiger partial charge on any atom is 0.180 e. The first-order chi connectivity index (χ1) is 8.74. The number of hydrogen-bond acceptors (Lipinski definition) is 3. The first-order valence-electron chi connectivity index (χ1n) is 6.25. The van der Waals surface area contributed by atoms with Crippen molar-refractivity contribution >= 4 is 31.6 Å². The van der Waals surface area contributed by atoms with Crippen molar-refractivity contribution in [2.24, 2.45) is 5.92 Å². The van der Waals surface area contributed by atoms with Crippen LogP contribution in [0.4, 0.5) is 0 Å². The topological polar surface area (TPSA) is 51.2 Å². The molecule has 0 fully saturated rings. The highest BCUT2D eigenvalue weighted by atomic mass is 79.9. The lowest BCUT2D eigenvalue weighted by Crippen LogP contribution is -2.30. The number of carbonyl (C=O) groups excluding carboxylic acids is 1. The van der Waals surface area contributed by atoms with E-state index < -0.39 is 15.1 Å². The largest absolute Gasteiger partial charge is 0.293 e. The van der Waals surface area contributed by atoms with Crippen LogP contribution in [-0.2, 0) is 9.84 Å². The molecule has 0 aromatic heterocycles. The van der Waals surface area contributed by atoms with Gasteiger partial charge in [0.2, 0.25) is 0 Å². The number of ketones is 1. The summed E-state index contributed by atoms with van der Waals surface area (Å²) >= 11 is 3.28. The van der Waals surface area contributed by atoms with Crippen molar-refractivity contribution in [1.29, 1.82) is 0 Å². The van der Waals surface area contributed by atoms with Crippen LogP contribution in [0, 0.1) is 5.92 Å². The van der Waals surface area contributed by atoms with Gasteiger partial charge in [-0.25, -0.2) is 8.42 Å². The van der Waals surface area contributed by atoms with E-state index in [2.05, 4.69) is 15.9 Å². The maximum absolute atomic E-state index is 12.2. The van der Waals surface area contributed by atoms with Gasteiger partial charge in [0.1, 0.15) is 5.25 Å². The van der Waals surface area contributed by atoms with Gasteiger partial charge in [0.25, 0.3) is 0 Å². The molecule has 0 spiro atoms. The van der Waals surface area contributed by atoms with Crippen LogP contribution in [0.1, 0.15) is 37.6 Å². The molecule has 19 heavy (non-hydrogen) atoms. The molecule has 0 bridgehead atoms. The van der Waals surface area contributed by atoms with Crippen LogP contribution in [0.2, 0.25) is 0 Å². The fraction of sp³-hybridized carbons (Fsp3) is 0.500. The third kappa shape index (κ3) is 4.73. The molecule has 0 saturated carbocycles. The zero-order valence-electron chi connectivity index (χ0n) is 11.4. The molecule has 0 saturated heterocycles. The Morgan fingerprint density at radius 2 is 1.68 bits per heavy atom. The third-order valence-electron chi connectivity index (χ3n) is 3.02. The van der Waals surface area contributed by atoms with Crippen LogP contribution in [0.5, 0.6) is 0 Å². The highest BCUT2D eigenvalue weighted by molar-refractivity contribution is 9.10. The van der Waals surface area contributed by atoms with Crippen molar-refractivity contribution in [1.82, 2.24) is 0 Å². The molecule has 3 nitrogen and oxygen atoms in total. The lowest BCUT2D eigenvalue weighted by Gasteiger charge is -2.13. The molecule has 0 N–H and O–H groups in total. The molecular formula is C14H19BrO3S. The first-order valence-corrected chi connectivity index (χ1v) is 8.76. The zero-order valence-corrected chi connectivity index (χ0v) is 13.8. The maximum atomic E-state index is 12.2. The Bertz CT molecular complexity index is 532. The molecular weight excluding hydrogens is 328 g/mol. The van der Waals surface area contributed by atoms with E-state index in [0.29, 0.717) is 17.9 Å². The summed E-state index contributed by atoms with van der Waals surface area (Å²) in [5, 5.41) is -0.979. The average molecular weight is 347 g/mol. The van der Waals surface area contributed by atoms with Crippen molar-refractivity contribution in [3.8, 4) is 0 Å². The predicted octanol–water partition coefficient (Wildman–Crippen LogP) is 3.48. The normalized spacial score (nSPS) is 13.5.